The zero-order valence-electron chi connectivity index (χ0n) is 5.46. The van der Waals surface area contributed by atoms with Crippen LogP contribution in [0.25, 0.3) is 0 Å². The fraction of sp³-hybridized carbons (Fsp3) is 0.333. The van der Waals surface area contributed by atoms with Crippen LogP contribution in [0.2, 0.25) is 0 Å². The number of thiocarbonyl (C=S) groups is 2. The Balaban J connectivity index is 2.54. The Bertz CT molecular complexity index is 188. The Hall–Kier alpha value is -0.480. The molecule has 1 N–H and O–H groups in total. The molecule has 54 valence electrons. The Morgan fingerprint density at radius 2 is 2.40 bits per heavy atom. The molecule has 1 aliphatic rings. The van der Waals surface area contributed by atoms with Crippen molar-refractivity contribution in [2.45, 2.75) is 0 Å². The van der Waals surface area contributed by atoms with Crippen LogP contribution in [0.15, 0.2) is 12.7 Å². The van der Waals surface area contributed by atoms with Gasteiger partial charge in [-0.15, -0.1) is 6.58 Å². The molecule has 1 fully saturated rings. The average molecular weight is 172 g/mol. The lowest BCUT2D eigenvalue weighted by Crippen LogP contribution is -2.27. The monoisotopic (exact) mass is 172 g/mol. The van der Waals surface area contributed by atoms with E-state index in [9.17, 15) is 0 Å². The number of hydrogen-bond acceptors (Lipinski definition) is 2. The van der Waals surface area contributed by atoms with Crippen LogP contribution in [0.4, 0.5) is 0 Å². The molecule has 0 aromatic carbocycles. The van der Waals surface area contributed by atoms with Crippen molar-refractivity contribution in [3.8, 4) is 0 Å². The molecule has 0 aromatic rings. The molecule has 1 rings (SSSR count). The summed E-state index contributed by atoms with van der Waals surface area (Å²) in [5.74, 6) is 0. The minimum atomic E-state index is 0.713. The zero-order chi connectivity index (χ0) is 7.56. The molecule has 0 atom stereocenters. The highest BCUT2D eigenvalue weighted by atomic mass is 32.1. The van der Waals surface area contributed by atoms with Gasteiger partial charge in [-0.05, 0) is 12.2 Å². The summed E-state index contributed by atoms with van der Waals surface area (Å²) in [5, 5.41) is 3.61. The number of nitrogens with one attached hydrogen (secondary N) is 1. The van der Waals surface area contributed by atoms with Crippen LogP contribution in [-0.4, -0.2) is 28.1 Å². The molecule has 1 heterocycles. The van der Waals surface area contributed by atoms with E-state index < -0.39 is 0 Å². The predicted octanol–water partition coefficient (Wildman–Crippen LogP) is 0.690. The summed E-state index contributed by atoms with van der Waals surface area (Å²) in [6, 6.07) is 0. The summed E-state index contributed by atoms with van der Waals surface area (Å²) >= 11 is 9.88. The molecule has 0 bridgehead atoms. The van der Waals surface area contributed by atoms with Gasteiger partial charge in [-0.25, -0.2) is 0 Å². The first-order valence-corrected chi connectivity index (χ1v) is 3.75. The molecular weight excluding hydrogens is 164 g/mol. The molecule has 2 nitrogen and oxygen atoms in total. The van der Waals surface area contributed by atoms with Crippen molar-refractivity contribution >= 4 is 34.5 Å². The van der Waals surface area contributed by atoms with Gasteiger partial charge in [0.1, 0.15) is 4.99 Å². The summed E-state index contributed by atoms with van der Waals surface area (Å²) in [6.07, 6.45) is 1.81. The molecule has 1 saturated heterocycles. The van der Waals surface area contributed by atoms with E-state index in [2.05, 4.69) is 11.9 Å². The van der Waals surface area contributed by atoms with Gasteiger partial charge in [0, 0.05) is 6.54 Å². The van der Waals surface area contributed by atoms with Crippen LogP contribution in [-0.2, 0) is 0 Å². The molecule has 0 radical (unpaired) electrons. The first-order valence-electron chi connectivity index (χ1n) is 2.93. The van der Waals surface area contributed by atoms with E-state index in [-0.39, 0.29) is 0 Å². The van der Waals surface area contributed by atoms with Crippen LogP contribution < -0.4 is 5.32 Å². The molecule has 10 heavy (non-hydrogen) atoms. The topological polar surface area (TPSA) is 15.3 Å². The summed E-state index contributed by atoms with van der Waals surface area (Å²) in [5.41, 5.74) is 0. The summed E-state index contributed by atoms with van der Waals surface area (Å²) in [6.45, 7) is 5.12. The largest absolute Gasteiger partial charge is 0.339 e. The summed E-state index contributed by atoms with van der Waals surface area (Å²) in [7, 11) is 0. The van der Waals surface area contributed by atoms with E-state index in [1.165, 1.54) is 0 Å². The van der Waals surface area contributed by atoms with Crippen molar-refractivity contribution in [3.05, 3.63) is 12.7 Å². The van der Waals surface area contributed by atoms with E-state index in [4.69, 9.17) is 24.4 Å². The third-order valence-corrected chi connectivity index (χ3v) is 1.81. The van der Waals surface area contributed by atoms with E-state index >= 15 is 0 Å². The van der Waals surface area contributed by atoms with Crippen molar-refractivity contribution in [1.82, 2.24) is 10.2 Å². The molecule has 0 aromatic heterocycles. The summed E-state index contributed by atoms with van der Waals surface area (Å²) in [4.78, 5) is 2.76. The number of hydrogen-bond donors (Lipinski definition) is 1. The van der Waals surface area contributed by atoms with Crippen molar-refractivity contribution < 1.29 is 0 Å². The molecule has 4 heteroatoms. The van der Waals surface area contributed by atoms with Crippen LogP contribution in [0, 0.1) is 0 Å². The Morgan fingerprint density at radius 3 is 2.80 bits per heavy atom. The maximum atomic E-state index is 4.96. The van der Waals surface area contributed by atoms with Gasteiger partial charge in [0.15, 0.2) is 5.11 Å². The maximum absolute atomic E-state index is 4.96. The van der Waals surface area contributed by atoms with Gasteiger partial charge in [-0.2, -0.15) is 0 Å². The van der Waals surface area contributed by atoms with Gasteiger partial charge in [0.25, 0.3) is 0 Å². The predicted molar refractivity (Wildman–Crippen MR) is 50.1 cm³/mol. The zero-order valence-corrected chi connectivity index (χ0v) is 7.10. The maximum Gasteiger partial charge on any atom is 0.174 e. The Kier molecular flexibility index (Phi) is 2.34. The van der Waals surface area contributed by atoms with Gasteiger partial charge >= 0.3 is 0 Å². The highest BCUT2D eigenvalue weighted by molar-refractivity contribution is 7.82. The minimum Gasteiger partial charge on any atom is -0.339 e. The molecular formula is C6H8N2S2. The second kappa shape index (κ2) is 3.07. The van der Waals surface area contributed by atoms with Crippen LogP contribution in [0.5, 0.6) is 0 Å². The molecule has 0 amide bonds. The standard InChI is InChI=1S/C6H8N2S2/c1-2-3-8-4-5(9)7-6(8)10/h2H,1,3-4H2,(H,7,9,10). The number of nitrogens with zero attached hydrogens (tertiary/aromatic N) is 1. The lowest BCUT2D eigenvalue weighted by atomic mass is 10.5. The third-order valence-electron chi connectivity index (χ3n) is 1.22. The average Bonchev–Trinajstić information content (AvgIpc) is 2.13. The molecule has 0 spiro atoms. The van der Waals surface area contributed by atoms with Gasteiger partial charge < -0.3 is 10.2 Å². The fourth-order valence-electron chi connectivity index (χ4n) is 0.786. The SMILES string of the molecule is C=CCN1CC(=S)NC1=S. The van der Waals surface area contributed by atoms with Crippen molar-refractivity contribution in [2.75, 3.05) is 13.1 Å². The lowest BCUT2D eigenvalue weighted by molar-refractivity contribution is 0.552. The van der Waals surface area contributed by atoms with Crippen LogP contribution in [0.1, 0.15) is 0 Å². The quantitative estimate of drug-likeness (QED) is 0.487. The van der Waals surface area contributed by atoms with Crippen LogP contribution >= 0.6 is 24.4 Å². The molecule has 0 unspecified atom stereocenters. The fourth-order valence-corrected chi connectivity index (χ4v) is 1.37. The molecule has 1 aliphatic heterocycles. The highest BCUT2D eigenvalue weighted by Crippen LogP contribution is 1.98. The van der Waals surface area contributed by atoms with Crippen molar-refractivity contribution in [2.24, 2.45) is 0 Å². The van der Waals surface area contributed by atoms with Gasteiger partial charge in [0.05, 0.1) is 6.54 Å². The van der Waals surface area contributed by atoms with Crippen molar-refractivity contribution in [1.29, 1.82) is 0 Å². The van der Waals surface area contributed by atoms with Crippen LogP contribution in [0.3, 0.4) is 0 Å². The third kappa shape index (κ3) is 1.52. The van der Waals surface area contributed by atoms with Crippen molar-refractivity contribution in [3.63, 3.8) is 0 Å². The first kappa shape index (κ1) is 7.63. The van der Waals surface area contributed by atoms with Gasteiger partial charge in [0.2, 0.25) is 0 Å². The van der Waals surface area contributed by atoms with E-state index in [0.717, 1.165) is 18.1 Å². The van der Waals surface area contributed by atoms with E-state index in [1.54, 1.807) is 0 Å². The highest BCUT2D eigenvalue weighted by Gasteiger charge is 2.18. The van der Waals surface area contributed by atoms with E-state index in [1.807, 2.05) is 11.0 Å². The normalized spacial score (nSPS) is 17.4. The summed E-state index contributed by atoms with van der Waals surface area (Å²) < 4.78 is 0. The molecule has 0 aliphatic carbocycles. The van der Waals surface area contributed by atoms with E-state index in [0.29, 0.717) is 5.11 Å². The Labute approximate surface area is 70.9 Å². The van der Waals surface area contributed by atoms with Gasteiger partial charge in [-0.1, -0.05) is 18.3 Å². The smallest absolute Gasteiger partial charge is 0.174 e. The minimum absolute atomic E-state index is 0.713. The number of rotatable bonds is 2. The lowest BCUT2D eigenvalue weighted by Gasteiger charge is -2.11. The second-order valence-corrected chi connectivity index (χ2v) is 2.90. The Morgan fingerprint density at radius 1 is 1.70 bits per heavy atom. The first-order chi connectivity index (χ1) is 4.74. The second-order valence-electron chi connectivity index (χ2n) is 2.02. The molecule has 0 saturated carbocycles. The van der Waals surface area contributed by atoms with Gasteiger partial charge in [-0.3, -0.25) is 0 Å².